The molecule has 0 bridgehead atoms. The first-order chi connectivity index (χ1) is 10.5. The van der Waals surface area contributed by atoms with Crippen LogP contribution in [0.3, 0.4) is 0 Å². The van der Waals surface area contributed by atoms with E-state index >= 15 is 0 Å². The summed E-state index contributed by atoms with van der Waals surface area (Å²) in [5.41, 5.74) is 2.01. The molecule has 0 aliphatic carbocycles. The maximum absolute atomic E-state index is 11.8. The van der Waals surface area contributed by atoms with Crippen LogP contribution in [0, 0.1) is 12.8 Å². The average molecular weight is 303 g/mol. The second-order valence-electron chi connectivity index (χ2n) is 5.62. The quantitative estimate of drug-likeness (QED) is 0.822. The van der Waals surface area contributed by atoms with Crippen LogP contribution in [0.2, 0.25) is 0 Å². The standard InChI is InChI=1S/C15H21N5O2/c1-10(2)13(21)8-16-14(22)9-20-18-15(17-19-20)12-6-4-11(3)5-7-12/h4-7,10,13,21H,8-9H2,1-3H3,(H,16,22). The Kier molecular flexibility index (Phi) is 5.21. The number of hydrogen-bond donors (Lipinski definition) is 2. The molecule has 1 heterocycles. The summed E-state index contributed by atoms with van der Waals surface area (Å²) in [4.78, 5) is 13.0. The Morgan fingerprint density at radius 1 is 1.32 bits per heavy atom. The van der Waals surface area contributed by atoms with Gasteiger partial charge < -0.3 is 10.4 Å². The molecule has 1 unspecified atom stereocenters. The number of aliphatic hydroxyl groups excluding tert-OH is 1. The monoisotopic (exact) mass is 303 g/mol. The zero-order valence-electron chi connectivity index (χ0n) is 13.0. The molecule has 1 atom stereocenters. The normalized spacial score (nSPS) is 12.4. The van der Waals surface area contributed by atoms with Gasteiger partial charge in [0.05, 0.1) is 6.10 Å². The zero-order valence-corrected chi connectivity index (χ0v) is 13.0. The van der Waals surface area contributed by atoms with Crippen LogP contribution in [0.4, 0.5) is 0 Å². The highest BCUT2D eigenvalue weighted by Gasteiger charge is 2.12. The molecule has 0 fully saturated rings. The van der Waals surface area contributed by atoms with Crippen molar-refractivity contribution >= 4 is 5.91 Å². The number of amides is 1. The van der Waals surface area contributed by atoms with Crippen molar-refractivity contribution in [2.45, 2.75) is 33.4 Å². The SMILES string of the molecule is Cc1ccc(-c2nnn(CC(=O)NCC(O)C(C)C)n2)cc1. The van der Waals surface area contributed by atoms with Gasteiger partial charge in [0.2, 0.25) is 11.7 Å². The van der Waals surface area contributed by atoms with Crippen molar-refractivity contribution in [2.75, 3.05) is 6.54 Å². The first-order valence-electron chi connectivity index (χ1n) is 7.25. The largest absolute Gasteiger partial charge is 0.391 e. The first kappa shape index (κ1) is 16.1. The molecule has 0 aliphatic heterocycles. The Bertz CT molecular complexity index is 621. The van der Waals surface area contributed by atoms with E-state index in [-0.39, 0.29) is 24.9 Å². The fourth-order valence-corrected chi connectivity index (χ4v) is 1.77. The number of carbonyl (C=O) groups is 1. The molecule has 7 heteroatoms. The van der Waals surface area contributed by atoms with Gasteiger partial charge in [0, 0.05) is 12.1 Å². The highest BCUT2D eigenvalue weighted by molar-refractivity contribution is 5.75. The van der Waals surface area contributed by atoms with Crippen LogP contribution in [0.25, 0.3) is 11.4 Å². The predicted molar refractivity (Wildman–Crippen MR) is 81.8 cm³/mol. The lowest BCUT2D eigenvalue weighted by atomic mass is 10.1. The number of rotatable bonds is 6. The minimum atomic E-state index is -0.559. The lowest BCUT2D eigenvalue weighted by molar-refractivity contribution is -0.122. The van der Waals surface area contributed by atoms with Crippen molar-refractivity contribution < 1.29 is 9.90 Å². The summed E-state index contributed by atoms with van der Waals surface area (Å²) in [6.07, 6.45) is -0.559. The van der Waals surface area contributed by atoms with E-state index < -0.39 is 6.10 Å². The fraction of sp³-hybridized carbons (Fsp3) is 0.467. The number of hydrogen-bond acceptors (Lipinski definition) is 5. The van der Waals surface area contributed by atoms with E-state index in [1.54, 1.807) is 0 Å². The molecule has 0 spiro atoms. The van der Waals surface area contributed by atoms with E-state index in [9.17, 15) is 9.90 Å². The van der Waals surface area contributed by atoms with Gasteiger partial charge in [-0.2, -0.15) is 4.80 Å². The lowest BCUT2D eigenvalue weighted by Gasteiger charge is -2.14. The molecule has 0 radical (unpaired) electrons. The molecule has 1 aromatic heterocycles. The highest BCUT2D eigenvalue weighted by Crippen LogP contribution is 2.13. The summed E-state index contributed by atoms with van der Waals surface area (Å²) < 4.78 is 0. The Morgan fingerprint density at radius 3 is 2.64 bits per heavy atom. The molecule has 1 aromatic carbocycles. The van der Waals surface area contributed by atoms with Crippen LogP contribution in [0.1, 0.15) is 19.4 Å². The number of aryl methyl sites for hydroxylation is 1. The third-order valence-electron chi connectivity index (χ3n) is 3.33. The van der Waals surface area contributed by atoms with Crippen molar-refractivity contribution in [3.63, 3.8) is 0 Å². The van der Waals surface area contributed by atoms with Gasteiger partial charge in [-0.1, -0.05) is 43.7 Å². The Morgan fingerprint density at radius 2 is 2.00 bits per heavy atom. The number of benzene rings is 1. The van der Waals surface area contributed by atoms with E-state index in [1.807, 2.05) is 45.0 Å². The van der Waals surface area contributed by atoms with E-state index in [0.717, 1.165) is 11.1 Å². The molecule has 118 valence electrons. The van der Waals surface area contributed by atoms with Gasteiger partial charge in [-0.15, -0.1) is 10.2 Å². The van der Waals surface area contributed by atoms with Crippen LogP contribution < -0.4 is 5.32 Å². The third-order valence-corrected chi connectivity index (χ3v) is 3.33. The Balaban J connectivity index is 1.91. The highest BCUT2D eigenvalue weighted by atomic mass is 16.3. The first-order valence-corrected chi connectivity index (χ1v) is 7.25. The predicted octanol–water partition coefficient (Wildman–Crippen LogP) is 0.782. The van der Waals surface area contributed by atoms with Crippen LogP contribution in [-0.4, -0.2) is 43.9 Å². The number of carbonyl (C=O) groups excluding carboxylic acids is 1. The molecule has 1 amide bonds. The second kappa shape index (κ2) is 7.13. The summed E-state index contributed by atoms with van der Waals surface area (Å²) in [6, 6.07) is 7.76. The summed E-state index contributed by atoms with van der Waals surface area (Å²) >= 11 is 0. The lowest BCUT2D eigenvalue weighted by Crippen LogP contribution is -2.36. The van der Waals surface area contributed by atoms with E-state index in [4.69, 9.17) is 0 Å². The fourth-order valence-electron chi connectivity index (χ4n) is 1.77. The van der Waals surface area contributed by atoms with Gasteiger partial charge in [0.25, 0.3) is 0 Å². The van der Waals surface area contributed by atoms with Gasteiger partial charge in [-0.05, 0) is 18.1 Å². The Labute approximate surface area is 129 Å². The maximum Gasteiger partial charge on any atom is 0.243 e. The van der Waals surface area contributed by atoms with E-state index in [1.165, 1.54) is 4.80 Å². The molecule has 2 rings (SSSR count). The van der Waals surface area contributed by atoms with E-state index in [0.29, 0.717) is 5.82 Å². The third kappa shape index (κ3) is 4.36. The molecule has 2 N–H and O–H groups in total. The number of aliphatic hydroxyl groups is 1. The van der Waals surface area contributed by atoms with Crippen LogP contribution >= 0.6 is 0 Å². The zero-order chi connectivity index (χ0) is 16.1. The topological polar surface area (TPSA) is 92.9 Å². The summed E-state index contributed by atoms with van der Waals surface area (Å²) in [6.45, 7) is 5.98. The minimum Gasteiger partial charge on any atom is -0.391 e. The summed E-state index contributed by atoms with van der Waals surface area (Å²) in [7, 11) is 0. The number of tetrazole rings is 1. The number of nitrogens with one attached hydrogen (secondary N) is 1. The van der Waals surface area contributed by atoms with Crippen molar-refractivity contribution in [1.29, 1.82) is 0 Å². The molecule has 0 aliphatic rings. The van der Waals surface area contributed by atoms with Crippen molar-refractivity contribution in [2.24, 2.45) is 5.92 Å². The van der Waals surface area contributed by atoms with Crippen LogP contribution in [0.5, 0.6) is 0 Å². The van der Waals surface area contributed by atoms with Gasteiger partial charge in [0.15, 0.2) is 0 Å². The van der Waals surface area contributed by atoms with E-state index in [2.05, 4.69) is 20.7 Å². The van der Waals surface area contributed by atoms with Crippen LogP contribution in [0.15, 0.2) is 24.3 Å². The second-order valence-corrected chi connectivity index (χ2v) is 5.62. The molecule has 2 aromatic rings. The molecular formula is C15H21N5O2. The molecule has 22 heavy (non-hydrogen) atoms. The minimum absolute atomic E-state index is 0.0241. The Hall–Kier alpha value is -2.28. The summed E-state index contributed by atoms with van der Waals surface area (Å²) in [5.74, 6) is 0.320. The number of aromatic nitrogens is 4. The average Bonchev–Trinajstić information content (AvgIpc) is 2.93. The van der Waals surface area contributed by atoms with Crippen molar-refractivity contribution in [3.05, 3.63) is 29.8 Å². The molecule has 0 saturated carbocycles. The number of nitrogens with zero attached hydrogens (tertiary/aromatic N) is 4. The van der Waals surface area contributed by atoms with Crippen molar-refractivity contribution in [3.8, 4) is 11.4 Å². The molecule has 7 nitrogen and oxygen atoms in total. The van der Waals surface area contributed by atoms with Gasteiger partial charge in [-0.25, -0.2) is 0 Å². The molecular weight excluding hydrogens is 282 g/mol. The van der Waals surface area contributed by atoms with Gasteiger partial charge in [-0.3, -0.25) is 4.79 Å². The summed E-state index contributed by atoms with van der Waals surface area (Å²) in [5, 5.41) is 24.3. The smallest absolute Gasteiger partial charge is 0.243 e. The van der Waals surface area contributed by atoms with Crippen LogP contribution in [-0.2, 0) is 11.3 Å². The van der Waals surface area contributed by atoms with Gasteiger partial charge >= 0.3 is 0 Å². The molecule has 0 saturated heterocycles. The maximum atomic E-state index is 11.8. The van der Waals surface area contributed by atoms with Crippen molar-refractivity contribution in [1.82, 2.24) is 25.5 Å². The van der Waals surface area contributed by atoms with Gasteiger partial charge in [0.1, 0.15) is 6.54 Å².